The van der Waals surface area contributed by atoms with E-state index in [1.807, 2.05) is 78.9 Å². The Morgan fingerprint density at radius 1 is 0.938 bits per heavy atom. The summed E-state index contributed by atoms with van der Waals surface area (Å²) in [4.78, 5) is 32.1. The Kier molecular flexibility index (Phi) is 5.77. The largest absolute Gasteiger partial charge is 0.497 e. The second-order valence-electron chi connectivity index (χ2n) is 7.85. The molecule has 0 saturated heterocycles. The van der Waals surface area contributed by atoms with Crippen LogP contribution in [0.5, 0.6) is 5.75 Å². The summed E-state index contributed by atoms with van der Waals surface area (Å²) in [5.74, 6) is 0.739. The van der Waals surface area contributed by atoms with E-state index in [4.69, 9.17) is 10.5 Å². The highest BCUT2D eigenvalue weighted by molar-refractivity contribution is 6.08. The van der Waals surface area contributed by atoms with E-state index in [2.05, 4.69) is 4.99 Å². The molecule has 1 aliphatic heterocycles. The predicted octanol–water partition coefficient (Wildman–Crippen LogP) is 3.08. The highest BCUT2D eigenvalue weighted by atomic mass is 16.5. The highest BCUT2D eigenvalue weighted by Gasteiger charge is 2.49. The minimum Gasteiger partial charge on any atom is -0.497 e. The number of rotatable bonds is 7. The summed E-state index contributed by atoms with van der Waals surface area (Å²) in [5, 5.41) is 0. The molecule has 0 bridgehead atoms. The number of aliphatic imine (C=N–C) groups is 1. The van der Waals surface area contributed by atoms with Gasteiger partial charge in [0.2, 0.25) is 0 Å². The van der Waals surface area contributed by atoms with Crippen LogP contribution in [-0.2, 0) is 28.0 Å². The minimum atomic E-state index is -1.26. The number of ketones is 1. The van der Waals surface area contributed by atoms with Crippen LogP contribution in [0.3, 0.4) is 0 Å². The third-order valence-electron chi connectivity index (χ3n) is 5.71. The molecular formula is C26H25N3O3. The lowest BCUT2D eigenvalue weighted by atomic mass is 9.82. The van der Waals surface area contributed by atoms with Crippen LogP contribution in [0.15, 0.2) is 83.9 Å². The van der Waals surface area contributed by atoms with Gasteiger partial charge in [0.25, 0.3) is 5.91 Å². The predicted molar refractivity (Wildman–Crippen MR) is 123 cm³/mol. The zero-order chi connectivity index (χ0) is 22.7. The molecule has 0 spiro atoms. The smallest absolute Gasteiger partial charge is 0.266 e. The van der Waals surface area contributed by atoms with E-state index in [-0.39, 0.29) is 24.1 Å². The Hall–Kier alpha value is -3.93. The van der Waals surface area contributed by atoms with Crippen LogP contribution in [0.1, 0.15) is 22.3 Å². The van der Waals surface area contributed by atoms with Crippen molar-refractivity contribution in [1.82, 2.24) is 4.90 Å². The second-order valence-corrected chi connectivity index (χ2v) is 7.85. The SMILES string of the molecule is COc1cccc(CC(=O)Cc2cccc(C3(c4ccccc4)N=C(N)N(C)C3=O)c2)c1. The van der Waals surface area contributed by atoms with Gasteiger partial charge < -0.3 is 10.5 Å². The summed E-state index contributed by atoms with van der Waals surface area (Å²) in [6.45, 7) is 0. The normalized spacial score (nSPS) is 17.9. The van der Waals surface area contributed by atoms with Crippen LogP contribution in [0.4, 0.5) is 0 Å². The monoisotopic (exact) mass is 427 g/mol. The van der Waals surface area contributed by atoms with Gasteiger partial charge in [-0.3, -0.25) is 14.5 Å². The number of nitrogens with two attached hydrogens (primary N) is 1. The van der Waals surface area contributed by atoms with Gasteiger partial charge in [0.15, 0.2) is 11.5 Å². The van der Waals surface area contributed by atoms with Gasteiger partial charge in [-0.05, 0) is 34.4 Å². The van der Waals surface area contributed by atoms with Crippen molar-refractivity contribution in [3.05, 3.63) is 101 Å². The molecule has 3 aromatic rings. The van der Waals surface area contributed by atoms with Crippen molar-refractivity contribution in [2.45, 2.75) is 18.4 Å². The summed E-state index contributed by atoms with van der Waals surface area (Å²) in [6, 6.07) is 24.3. The Balaban J connectivity index is 1.65. The molecule has 1 aliphatic rings. The fourth-order valence-electron chi connectivity index (χ4n) is 4.07. The summed E-state index contributed by atoms with van der Waals surface area (Å²) in [5.41, 5.74) is 7.92. The van der Waals surface area contributed by atoms with E-state index in [9.17, 15) is 9.59 Å². The molecule has 0 saturated carbocycles. The van der Waals surface area contributed by atoms with Gasteiger partial charge >= 0.3 is 0 Å². The van der Waals surface area contributed by atoms with Gasteiger partial charge in [0.1, 0.15) is 11.5 Å². The summed E-state index contributed by atoms with van der Waals surface area (Å²) >= 11 is 0. The number of methoxy groups -OCH3 is 1. The Labute approximate surface area is 187 Å². The third kappa shape index (κ3) is 3.87. The Morgan fingerprint density at radius 2 is 1.56 bits per heavy atom. The van der Waals surface area contributed by atoms with E-state index < -0.39 is 5.54 Å². The molecule has 162 valence electrons. The van der Waals surface area contributed by atoms with Crippen molar-refractivity contribution in [3.63, 3.8) is 0 Å². The number of carbonyl (C=O) groups is 2. The van der Waals surface area contributed by atoms with Crippen LogP contribution >= 0.6 is 0 Å². The summed E-state index contributed by atoms with van der Waals surface area (Å²) in [6.07, 6.45) is 0.553. The number of guanidine groups is 1. The second kappa shape index (κ2) is 8.67. The lowest BCUT2D eigenvalue weighted by Gasteiger charge is -2.26. The van der Waals surface area contributed by atoms with Crippen LogP contribution in [0, 0.1) is 0 Å². The van der Waals surface area contributed by atoms with Crippen molar-refractivity contribution >= 4 is 17.6 Å². The van der Waals surface area contributed by atoms with Crippen LogP contribution in [0.2, 0.25) is 0 Å². The van der Waals surface area contributed by atoms with E-state index in [1.165, 1.54) is 4.90 Å². The molecular weight excluding hydrogens is 402 g/mol. The number of hydrogen-bond donors (Lipinski definition) is 1. The van der Waals surface area contributed by atoms with Crippen molar-refractivity contribution < 1.29 is 14.3 Å². The van der Waals surface area contributed by atoms with Crippen LogP contribution in [0.25, 0.3) is 0 Å². The highest BCUT2D eigenvalue weighted by Crippen LogP contribution is 2.39. The Morgan fingerprint density at radius 3 is 2.19 bits per heavy atom. The average molecular weight is 428 g/mol. The number of amides is 1. The number of ether oxygens (including phenoxy) is 1. The third-order valence-corrected chi connectivity index (χ3v) is 5.71. The quantitative estimate of drug-likeness (QED) is 0.628. The van der Waals surface area contributed by atoms with E-state index in [0.717, 1.165) is 22.4 Å². The van der Waals surface area contributed by atoms with E-state index >= 15 is 0 Å². The number of Topliss-reactive ketones (excluding diaryl/α,β-unsaturated/α-hetero) is 1. The van der Waals surface area contributed by atoms with Gasteiger partial charge in [-0.1, -0.05) is 66.7 Å². The molecule has 0 fully saturated rings. The number of benzene rings is 3. The topological polar surface area (TPSA) is 85.0 Å². The molecule has 6 heteroatoms. The standard InChI is InChI=1S/C26H25N3O3/c1-29-24(31)26(28-25(29)27,20-10-4-3-5-11-20)21-12-6-8-18(14-21)15-22(30)16-19-9-7-13-23(17-19)32-2/h3-14,17H,15-16H2,1-2H3,(H2,27,28). The van der Waals surface area contributed by atoms with Gasteiger partial charge in [0, 0.05) is 19.9 Å². The van der Waals surface area contributed by atoms with E-state index in [1.54, 1.807) is 14.2 Å². The van der Waals surface area contributed by atoms with Crippen molar-refractivity contribution in [2.24, 2.45) is 10.7 Å². The fourth-order valence-corrected chi connectivity index (χ4v) is 4.07. The molecule has 0 aromatic heterocycles. The molecule has 1 unspecified atom stereocenters. The van der Waals surface area contributed by atoms with Crippen molar-refractivity contribution in [3.8, 4) is 5.75 Å². The molecule has 0 aliphatic carbocycles. The summed E-state index contributed by atoms with van der Waals surface area (Å²) in [7, 11) is 3.22. The lowest BCUT2D eigenvalue weighted by Crippen LogP contribution is -2.41. The molecule has 1 atom stereocenters. The Bertz CT molecular complexity index is 1190. The van der Waals surface area contributed by atoms with Crippen LogP contribution in [-0.4, -0.2) is 36.7 Å². The number of hydrogen-bond acceptors (Lipinski definition) is 5. The van der Waals surface area contributed by atoms with Gasteiger partial charge in [-0.15, -0.1) is 0 Å². The van der Waals surface area contributed by atoms with Gasteiger partial charge in [-0.2, -0.15) is 0 Å². The molecule has 4 rings (SSSR count). The first-order valence-electron chi connectivity index (χ1n) is 10.4. The number of nitrogens with zero attached hydrogens (tertiary/aromatic N) is 2. The lowest BCUT2D eigenvalue weighted by molar-refractivity contribution is -0.129. The van der Waals surface area contributed by atoms with Gasteiger partial charge in [0.05, 0.1) is 7.11 Å². The average Bonchev–Trinajstić information content (AvgIpc) is 3.04. The maximum absolute atomic E-state index is 13.3. The van der Waals surface area contributed by atoms with Gasteiger partial charge in [-0.25, -0.2) is 4.99 Å². The van der Waals surface area contributed by atoms with E-state index in [0.29, 0.717) is 12.0 Å². The summed E-state index contributed by atoms with van der Waals surface area (Å²) < 4.78 is 5.24. The van der Waals surface area contributed by atoms with Crippen molar-refractivity contribution in [1.29, 1.82) is 0 Å². The maximum atomic E-state index is 13.3. The first kappa shape index (κ1) is 21.3. The minimum absolute atomic E-state index is 0.0713. The first-order chi connectivity index (χ1) is 15.4. The van der Waals surface area contributed by atoms with Crippen molar-refractivity contribution in [2.75, 3.05) is 14.2 Å². The maximum Gasteiger partial charge on any atom is 0.266 e. The molecule has 2 N–H and O–H groups in total. The molecule has 3 aromatic carbocycles. The first-order valence-corrected chi connectivity index (χ1v) is 10.4. The zero-order valence-corrected chi connectivity index (χ0v) is 18.1. The zero-order valence-electron chi connectivity index (χ0n) is 18.1. The fraction of sp³-hybridized carbons (Fsp3) is 0.192. The molecule has 32 heavy (non-hydrogen) atoms. The number of likely N-dealkylation sites (N-methyl/N-ethyl adjacent to an activating group) is 1. The van der Waals surface area contributed by atoms with Crippen LogP contribution < -0.4 is 10.5 Å². The number of carbonyl (C=O) groups excluding carboxylic acids is 2. The molecule has 1 heterocycles. The molecule has 1 amide bonds. The molecule has 6 nitrogen and oxygen atoms in total. The molecule has 0 radical (unpaired) electrons.